The van der Waals surface area contributed by atoms with Gasteiger partial charge in [-0.25, -0.2) is 4.39 Å². The van der Waals surface area contributed by atoms with E-state index in [9.17, 15) is 4.39 Å². The standard InChI is InChI=1S/C15H8FN/c1-2-11-6-7-15(13(8-11)10-17)12-4-3-5-14(16)9-12/h1,3-9H. The van der Waals surface area contributed by atoms with Crippen molar-refractivity contribution < 1.29 is 4.39 Å². The van der Waals surface area contributed by atoms with Crippen LogP contribution in [0.5, 0.6) is 0 Å². The minimum Gasteiger partial charge on any atom is -0.207 e. The summed E-state index contributed by atoms with van der Waals surface area (Å²) in [5.74, 6) is 2.14. The van der Waals surface area contributed by atoms with Crippen molar-refractivity contribution in [3.63, 3.8) is 0 Å². The summed E-state index contributed by atoms with van der Waals surface area (Å²) in [5, 5.41) is 9.06. The molecule has 2 heteroatoms. The van der Waals surface area contributed by atoms with E-state index in [0.29, 0.717) is 22.3 Å². The van der Waals surface area contributed by atoms with Crippen molar-refractivity contribution in [2.45, 2.75) is 0 Å². The Morgan fingerprint density at radius 2 is 1.94 bits per heavy atom. The molecule has 0 bridgehead atoms. The van der Waals surface area contributed by atoms with Gasteiger partial charge < -0.3 is 0 Å². The van der Waals surface area contributed by atoms with Crippen LogP contribution in [0.1, 0.15) is 11.1 Å². The molecule has 2 rings (SSSR count). The first kappa shape index (κ1) is 10.9. The molecule has 0 aliphatic carbocycles. The van der Waals surface area contributed by atoms with Crippen LogP contribution in [0.3, 0.4) is 0 Å². The normalized spacial score (nSPS) is 9.35. The molecule has 0 saturated heterocycles. The van der Waals surface area contributed by atoms with Gasteiger partial charge in [-0.05, 0) is 35.4 Å². The highest BCUT2D eigenvalue weighted by atomic mass is 19.1. The first-order chi connectivity index (χ1) is 8.24. The molecular formula is C15H8FN. The molecule has 0 aromatic heterocycles. The van der Waals surface area contributed by atoms with E-state index in [1.54, 1.807) is 30.3 Å². The van der Waals surface area contributed by atoms with E-state index in [-0.39, 0.29) is 5.82 Å². The Morgan fingerprint density at radius 1 is 1.12 bits per heavy atom. The molecule has 2 aromatic rings. The van der Waals surface area contributed by atoms with E-state index in [1.807, 2.05) is 0 Å². The Kier molecular flexibility index (Phi) is 2.90. The third kappa shape index (κ3) is 2.17. The maximum absolute atomic E-state index is 13.1. The van der Waals surface area contributed by atoms with E-state index in [0.717, 1.165) is 0 Å². The second-order valence-corrected chi connectivity index (χ2v) is 3.53. The van der Waals surface area contributed by atoms with Gasteiger partial charge in [-0.3, -0.25) is 0 Å². The van der Waals surface area contributed by atoms with Gasteiger partial charge in [0.25, 0.3) is 0 Å². The Morgan fingerprint density at radius 3 is 2.59 bits per heavy atom. The van der Waals surface area contributed by atoms with E-state index in [4.69, 9.17) is 11.7 Å². The summed E-state index contributed by atoms with van der Waals surface area (Å²) in [6.45, 7) is 0. The number of halogens is 1. The highest BCUT2D eigenvalue weighted by Crippen LogP contribution is 2.24. The van der Waals surface area contributed by atoms with Crippen LogP contribution in [0, 0.1) is 29.5 Å². The summed E-state index contributed by atoms with van der Waals surface area (Å²) in [6, 6.07) is 13.3. The zero-order valence-corrected chi connectivity index (χ0v) is 8.94. The number of hydrogen-bond donors (Lipinski definition) is 0. The van der Waals surface area contributed by atoms with Crippen LogP contribution < -0.4 is 0 Å². The van der Waals surface area contributed by atoms with Gasteiger partial charge >= 0.3 is 0 Å². The average molecular weight is 221 g/mol. The second kappa shape index (κ2) is 4.51. The molecule has 0 N–H and O–H groups in total. The molecule has 0 unspecified atom stereocenters. The fourth-order valence-corrected chi connectivity index (χ4v) is 1.63. The fraction of sp³-hybridized carbons (Fsp3) is 0. The highest BCUT2D eigenvalue weighted by molar-refractivity contribution is 5.71. The van der Waals surface area contributed by atoms with Crippen LogP contribution in [0.25, 0.3) is 11.1 Å². The average Bonchev–Trinajstić information content (AvgIpc) is 2.38. The molecule has 2 aromatic carbocycles. The molecule has 1 nitrogen and oxygen atoms in total. The van der Waals surface area contributed by atoms with Crippen molar-refractivity contribution >= 4 is 0 Å². The smallest absolute Gasteiger partial charge is 0.123 e. The predicted octanol–water partition coefficient (Wildman–Crippen LogP) is 3.35. The first-order valence-electron chi connectivity index (χ1n) is 5.01. The molecule has 0 spiro atoms. The van der Waals surface area contributed by atoms with E-state index >= 15 is 0 Å². The van der Waals surface area contributed by atoms with E-state index < -0.39 is 0 Å². The van der Waals surface area contributed by atoms with Crippen molar-refractivity contribution in [3.8, 4) is 29.5 Å². The zero-order chi connectivity index (χ0) is 12.3. The third-order valence-corrected chi connectivity index (χ3v) is 2.44. The Labute approximate surface area is 99.1 Å². The van der Waals surface area contributed by atoms with E-state index in [1.165, 1.54) is 12.1 Å². The number of nitrogens with zero attached hydrogens (tertiary/aromatic N) is 1. The number of rotatable bonds is 1. The van der Waals surface area contributed by atoms with Gasteiger partial charge in [-0.2, -0.15) is 5.26 Å². The number of benzene rings is 2. The molecule has 0 aliphatic heterocycles. The number of hydrogen-bond acceptors (Lipinski definition) is 1. The molecule has 0 amide bonds. The predicted molar refractivity (Wildman–Crippen MR) is 64.5 cm³/mol. The quantitative estimate of drug-likeness (QED) is 0.677. The van der Waals surface area contributed by atoms with Gasteiger partial charge in [-0.15, -0.1) is 6.42 Å². The summed E-state index contributed by atoms with van der Waals surface area (Å²) >= 11 is 0. The van der Waals surface area contributed by atoms with Gasteiger partial charge in [-0.1, -0.05) is 24.1 Å². The number of nitriles is 1. The van der Waals surface area contributed by atoms with Crippen molar-refractivity contribution in [1.29, 1.82) is 5.26 Å². The van der Waals surface area contributed by atoms with Crippen LogP contribution in [-0.4, -0.2) is 0 Å². The van der Waals surface area contributed by atoms with Gasteiger partial charge in [0.2, 0.25) is 0 Å². The molecule has 80 valence electrons. The molecule has 0 heterocycles. The molecule has 17 heavy (non-hydrogen) atoms. The highest BCUT2D eigenvalue weighted by Gasteiger charge is 2.06. The maximum Gasteiger partial charge on any atom is 0.123 e. The van der Waals surface area contributed by atoms with Gasteiger partial charge in [0.15, 0.2) is 0 Å². The lowest BCUT2D eigenvalue weighted by molar-refractivity contribution is 0.628. The van der Waals surface area contributed by atoms with Crippen LogP contribution in [0.2, 0.25) is 0 Å². The van der Waals surface area contributed by atoms with Crippen LogP contribution in [-0.2, 0) is 0 Å². The summed E-state index contributed by atoms with van der Waals surface area (Å²) in [7, 11) is 0. The lowest BCUT2D eigenvalue weighted by atomic mass is 9.98. The fourth-order valence-electron chi connectivity index (χ4n) is 1.63. The van der Waals surface area contributed by atoms with Crippen LogP contribution in [0.15, 0.2) is 42.5 Å². The minimum atomic E-state index is -0.326. The topological polar surface area (TPSA) is 23.8 Å². The van der Waals surface area contributed by atoms with Gasteiger partial charge in [0.05, 0.1) is 11.6 Å². The van der Waals surface area contributed by atoms with Gasteiger partial charge in [0, 0.05) is 5.56 Å². The van der Waals surface area contributed by atoms with Gasteiger partial charge in [0.1, 0.15) is 5.82 Å². The SMILES string of the molecule is C#Cc1ccc(-c2cccc(F)c2)c(C#N)c1. The van der Waals surface area contributed by atoms with Crippen molar-refractivity contribution in [1.82, 2.24) is 0 Å². The Hall–Kier alpha value is -2.58. The monoisotopic (exact) mass is 221 g/mol. The third-order valence-electron chi connectivity index (χ3n) is 2.44. The second-order valence-electron chi connectivity index (χ2n) is 3.53. The Balaban J connectivity index is 2.61. The maximum atomic E-state index is 13.1. The summed E-state index contributed by atoms with van der Waals surface area (Å²) in [4.78, 5) is 0. The van der Waals surface area contributed by atoms with Crippen molar-refractivity contribution in [3.05, 3.63) is 59.4 Å². The molecular weight excluding hydrogens is 213 g/mol. The first-order valence-corrected chi connectivity index (χ1v) is 5.01. The molecule has 0 atom stereocenters. The largest absolute Gasteiger partial charge is 0.207 e. The van der Waals surface area contributed by atoms with Crippen LogP contribution >= 0.6 is 0 Å². The van der Waals surface area contributed by atoms with Crippen molar-refractivity contribution in [2.75, 3.05) is 0 Å². The molecule has 0 fully saturated rings. The summed E-state index contributed by atoms with van der Waals surface area (Å²) in [5.41, 5.74) is 2.45. The molecule has 0 saturated carbocycles. The minimum absolute atomic E-state index is 0.326. The van der Waals surface area contributed by atoms with E-state index in [2.05, 4.69) is 12.0 Å². The summed E-state index contributed by atoms with van der Waals surface area (Å²) in [6.07, 6.45) is 5.27. The zero-order valence-electron chi connectivity index (χ0n) is 8.94. The molecule has 0 aliphatic rings. The van der Waals surface area contributed by atoms with Crippen LogP contribution in [0.4, 0.5) is 4.39 Å². The van der Waals surface area contributed by atoms with Crippen molar-refractivity contribution in [2.24, 2.45) is 0 Å². The lowest BCUT2D eigenvalue weighted by Gasteiger charge is -2.04. The summed E-state index contributed by atoms with van der Waals surface area (Å²) < 4.78 is 13.1. The molecule has 0 radical (unpaired) electrons. The lowest BCUT2D eigenvalue weighted by Crippen LogP contribution is -1.87. The number of terminal acetylenes is 1. The Bertz CT molecular complexity index is 645.